The average molecular weight is 134 g/mol. The molecule has 0 aliphatic heterocycles. The molecule has 0 bridgehead atoms. The molecule has 1 N–H and O–H groups in total. The number of hydrogen-bond acceptors (Lipinski definition) is 1. The van der Waals surface area contributed by atoms with Crippen molar-refractivity contribution < 1.29 is 9.90 Å². The third kappa shape index (κ3) is 6.76. The summed E-state index contributed by atoms with van der Waals surface area (Å²) in [7, 11) is 0. The molecular formula is C3H5ClNaO2. The molecule has 0 saturated heterocycles. The van der Waals surface area contributed by atoms with Crippen LogP contribution in [0.25, 0.3) is 0 Å². The van der Waals surface area contributed by atoms with Crippen LogP contribution in [0, 0.1) is 0 Å². The number of carbonyl (C=O) groups is 1. The molecule has 1 unspecified atom stereocenters. The maximum absolute atomic E-state index is 9.57. The van der Waals surface area contributed by atoms with Gasteiger partial charge in [0.15, 0.2) is 0 Å². The summed E-state index contributed by atoms with van der Waals surface area (Å²) in [6.07, 6.45) is 0. The summed E-state index contributed by atoms with van der Waals surface area (Å²) < 4.78 is 0. The molecule has 0 aliphatic rings. The molecule has 37 valence electrons. The van der Waals surface area contributed by atoms with E-state index < -0.39 is 11.3 Å². The molecule has 0 aromatic heterocycles. The van der Waals surface area contributed by atoms with Crippen LogP contribution >= 0.6 is 11.6 Å². The minimum atomic E-state index is -0.975. The molecule has 0 aromatic rings. The van der Waals surface area contributed by atoms with Crippen molar-refractivity contribution in [3.05, 3.63) is 0 Å². The summed E-state index contributed by atoms with van der Waals surface area (Å²) >= 11 is 5.01. The van der Waals surface area contributed by atoms with Crippen LogP contribution in [0.2, 0.25) is 0 Å². The van der Waals surface area contributed by atoms with Crippen molar-refractivity contribution >= 4 is 47.1 Å². The van der Waals surface area contributed by atoms with E-state index in [1.165, 1.54) is 6.92 Å². The first-order valence-corrected chi connectivity index (χ1v) is 1.95. The van der Waals surface area contributed by atoms with Crippen LogP contribution in [-0.4, -0.2) is 46.0 Å². The van der Waals surface area contributed by atoms with Gasteiger partial charge >= 0.3 is 5.97 Å². The number of halogens is 1. The van der Waals surface area contributed by atoms with Crippen molar-refractivity contribution in [1.29, 1.82) is 0 Å². The van der Waals surface area contributed by atoms with Crippen molar-refractivity contribution in [2.45, 2.75) is 12.3 Å². The van der Waals surface area contributed by atoms with Gasteiger partial charge in [-0.25, -0.2) is 0 Å². The molecule has 1 radical (unpaired) electrons. The average Bonchev–Trinajstić information content (AvgIpc) is 1.36. The van der Waals surface area contributed by atoms with Crippen LogP contribution in [-0.2, 0) is 4.79 Å². The van der Waals surface area contributed by atoms with Gasteiger partial charge in [-0.3, -0.25) is 4.79 Å². The molecule has 0 spiro atoms. The topological polar surface area (TPSA) is 37.3 Å². The summed E-state index contributed by atoms with van der Waals surface area (Å²) in [5.74, 6) is -0.975. The fraction of sp³-hybridized carbons (Fsp3) is 0.667. The third-order valence-corrected chi connectivity index (χ3v) is 0.527. The number of carboxylic acids is 1. The molecule has 0 heterocycles. The van der Waals surface area contributed by atoms with Gasteiger partial charge in [0.1, 0.15) is 5.38 Å². The number of carboxylic acid groups (broad SMARTS) is 1. The Kier molecular flexibility index (Phi) is 7.49. The van der Waals surface area contributed by atoms with Crippen molar-refractivity contribution in [1.82, 2.24) is 0 Å². The van der Waals surface area contributed by atoms with Crippen LogP contribution in [0.3, 0.4) is 0 Å². The van der Waals surface area contributed by atoms with Gasteiger partial charge in [-0.05, 0) is 6.92 Å². The van der Waals surface area contributed by atoms with E-state index in [4.69, 9.17) is 16.7 Å². The van der Waals surface area contributed by atoms with Gasteiger partial charge in [0.2, 0.25) is 0 Å². The van der Waals surface area contributed by atoms with Crippen molar-refractivity contribution in [2.75, 3.05) is 0 Å². The molecule has 4 heteroatoms. The van der Waals surface area contributed by atoms with Gasteiger partial charge in [0.25, 0.3) is 0 Å². The normalized spacial score (nSPS) is 11.7. The van der Waals surface area contributed by atoms with E-state index in [1.54, 1.807) is 0 Å². The maximum atomic E-state index is 9.57. The summed E-state index contributed by atoms with van der Waals surface area (Å²) in [6, 6.07) is 0. The minimum absolute atomic E-state index is 0. The number of aliphatic carboxylic acids is 1. The van der Waals surface area contributed by atoms with Crippen LogP contribution in [0.15, 0.2) is 0 Å². The van der Waals surface area contributed by atoms with Gasteiger partial charge in [0, 0.05) is 29.6 Å². The fourth-order valence-corrected chi connectivity index (χ4v) is 0. The smallest absolute Gasteiger partial charge is 0.321 e. The molecule has 0 amide bonds. The van der Waals surface area contributed by atoms with Crippen molar-refractivity contribution in [2.24, 2.45) is 0 Å². The summed E-state index contributed by atoms with van der Waals surface area (Å²) in [5.41, 5.74) is 0. The Hall–Kier alpha value is 0.760. The van der Waals surface area contributed by atoms with E-state index in [1.807, 2.05) is 0 Å². The number of hydrogen-bond donors (Lipinski definition) is 1. The largest absolute Gasteiger partial charge is 0.480 e. The molecule has 0 fully saturated rings. The monoisotopic (exact) mass is 134 g/mol. The SMILES string of the molecule is [13CH3][13CH](Cl)[13C](=O)O.[Na]. The second kappa shape index (κ2) is 4.91. The van der Waals surface area contributed by atoms with E-state index in [-0.39, 0.29) is 29.6 Å². The minimum Gasteiger partial charge on any atom is -0.480 e. The standard InChI is InChI=1S/C3H5ClO2.Na/c1-2(4)3(5)6;/h2H,1H3,(H,5,6);/i1+1,2+1,3+1;. The first kappa shape index (κ1) is 10.7. The summed E-state index contributed by atoms with van der Waals surface area (Å²) in [4.78, 5) is 9.57. The van der Waals surface area contributed by atoms with Gasteiger partial charge in [0.05, 0.1) is 0 Å². The van der Waals surface area contributed by atoms with Crippen LogP contribution in [0.4, 0.5) is 0 Å². The molecule has 2 nitrogen and oxygen atoms in total. The molecule has 0 aliphatic carbocycles. The Labute approximate surface area is 69.1 Å². The zero-order chi connectivity index (χ0) is 5.15. The zero-order valence-electron chi connectivity index (χ0n) is 4.31. The van der Waals surface area contributed by atoms with E-state index in [2.05, 4.69) is 0 Å². The van der Waals surface area contributed by atoms with Gasteiger partial charge in [-0.1, -0.05) is 0 Å². The first-order valence-electron chi connectivity index (χ1n) is 1.51. The Morgan fingerprint density at radius 2 is 2.00 bits per heavy atom. The summed E-state index contributed by atoms with van der Waals surface area (Å²) in [5, 5.41) is 7.10. The number of rotatable bonds is 1. The molecule has 0 aromatic carbocycles. The van der Waals surface area contributed by atoms with Crippen molar-refractivity contribution in [3.63, 3.8) is 0 Å². The van der Waals surface area contributed by atoms with Gasteiger partial charge in [-0.2, -0.15) is 0 Å². The Morgan fingerprint density at radius 1 is 1.86 bits per heavy atom. The summed E-state index contributed by atoms with van der Waals surface area (Å²) in [6.45, 7) is 1.41. The quantitative estimate of drug-likeness (QED) is 0.319. The zero-order valence-corrected chi connectivity index (χ0v) is 7.07. The number of alkyl halides is 1. The Bertz CT molecular complexity index is 64.0. The van der Waals surface area contributed by atoms with E-state index in [9.17, 15) is 4.79 Å². The maximum Gasteiger partial charge on any atom is 0.321 e. The van der Waals surface area contributed by atoms with Crippen LogP contribution < -0.4 is 0 Å². The van der Waals surface area contributed by atoms with Gasteiger partial charge in [-0.15, -0.1) is 11.6 Å². The predicted molar refractivity (Wildman–Crippen MR) is 28.7 cm³/mol. The van der Waals surface area contributed by atoms with Crippen LogP contribution in [0.5, 0.6) is 0 Å². The Balaban J connectivity index is 0. The van der Waals surface area contributed by atoms with Crippen LogP contribution in [0.1, 0.15) is 6.92 Å². The molecule has 0 saturated carbocycles. The molecular weight excluding hydrogens is 129 g/mol. The van der Waals surface area contributed by atoms with E-state index in [0.717, 1.165) is 0 Å². The second-order valence-electron chi connectivity index (χ2n) is 0.954. The first-order chi connectivity index (χ1) is 2.64. The predicted octanol–water partition coefficient (Wildman–Crippen LogP) is 0.318. The van der Waals surface area contributed by atoms with E-state index in [0.29, 0.717) is 0 Å². The third-order valence-electron chi connectivity index (χ3n) is 0.340. The van der Waals surface area contributed by atoms with Gasteiger partial charge < -0.3 is 5.11 Å². The molecule has 0 rings (SSSR count). The van der Waals surface area contributed by atoms with E-state index >= 15 is 0 Å². The second-order valence-corrected chi connectivity index (χ2v) is 1.61. The van der Waals surface area contributed by atoms with Crippen molar-refractivity contribution in [3.8, 4) is 0 Å². The Morgan fingerprint density at radius 3 is 2.00 bits per heavy atom. The molecule has 1 atom stereocenters. The molecule has 7 heavy (non-hydrogen) atoms. The fourth-order valence-electron chi connectivity index (χ4n) is 0.